The van der Waals surface area contributed by atoms with E-state index < -0.39 is 11.6 Å². The molecule has 0 spiro atoms. The average molecular weight is 455 g/mol. The third kappa shape index (κ3) is 6.39. The van der Waals surface area contributed by atoms with E-state index in [1.165, 1.54) is 6.07 Å². The van der Waals surface area contributed by atoms with Crippen LogP contribution in [0.4, 0.5) is 8.78 Å². The molecule has 1 saturated heterocycles. The van der Waals surface area contributed by atoms with Gasteiger partial charge in [-0.25, -0.2) is 8.78 Å². The van der Waals surface area contributed by atoms with Gasteiger partial charge in [0.2, 0.25) is 0 Å². The zero-order valence-corrected chi connectivity index (χ0v) is 16.3. The minimum atomic E-state index is -0.912. The summed E-state index contributed by atoms with van der Waals surface area (Å²) in [5, 5.41) is 3.18. The second kappa shape index (κ2) is 10.7. The molecule has 8 heteroatoms. The number of nitrogens with one attached hydrogen (secondary N) is 1. The Labute approximate surface area is 158 Å². The van der Waals surface area contributed by atoms with Gasteiger partial charge in [0, 0.05) is 39.2 Å². The predicted molar refractivity (Wildman–Crippen MR) is 100 cm³/mol. The number of halogens is 3. The van der Waals surface area contributed by atoms with Crippen LogP contribution in [0, 0.1) is 17.6 Å². The lowest BCUT2D eigenvalue weighted by Crippen LogP contribution is -2.42. The molecule has 1 aromatic carbocycles. The van der Waals surface area contributed by atoms with Crippen molar-refractivity contribution in [3.63, 3.8) is 0 Å². The standard InChI is InChI=1S/C16H23F2N3O2.HI/c1-19-16(21(2)10-12-5-7-22-11-12)20-6-8-23-13-3-4-14(17)15(18)9-13;/h3-4,9,12H,5-8,10-11H2,1-2H3,(H,19,20);1H. The summed E-state index contributed by atoms with van der Waals surface area (Å²) in [6.45, 7) is 3.33. The van der Waals surface area contributed by atoms with Crippen molar-refractivity contribution >= 4 is 29.9 Å². The Bertz CT molecular complexity index is 540. The lowest BCUT2D eigenvalue weighted by molar-refractivity contribution is 0.181. The summed E-state index contributed by atoms with van der Waals surface area (Å²) in [5.74, 6) is -0.196. The number of rotatable bonds is 6. The number of benzene rings is 1. The van der Waals surface area contributed by atoms with Crippen LogP contribution in [0.2, 0.25) is 0 Å². The number of nitrogens with zero attached hydrogens (tertiary/aromatic N) is 2. The van der Waals surface area contributed by atoms with Gasteiger partial charge in [0.15, 0.2) is 17.6 Å². The van der Waals surface area contributed by atoms with E-state index in [-0.39, 0.29) is 24.0 Å². The molecular weight excluding hydrogens is 431 g/mol. The average Bonchev–Trinajstić information content (AvgIpc) is 3.03. The van der Waals surface area contributed by atoms with Crippen LogP contribution in [-0.2, 0) is 4.74 Å². The van der Waals surface area contributed by atoms with E-state index >= 15 is 0 Å². The van der Waals surface area contributed by atoms with Gasteiger partial charge in [0.25, 0.3) is 0 Å². The first-order chi connectivity index (χ1) is 11.1. The van der Waals surface area contributed by atoms with Crippen LogP contribution < -0.4 is 10.1 Å². The molecule has 136 valence electrons. The molecular formula is C16H24F2IN3O2. The molecule has 0 saturated carbocycles. The normalized spacial score (nSPS) is 17.3. The van der Waals surface area contributed by atoms with Crippen molar-refractivity contribution in [3.05, 3.63) is 29.8 Å². The summed E-state index contributed by atoms with van der Waals surface area (Å²) in [6.07, 6.45) is 1.07. The Hall–Kier alpha value is -1.16. The maximum atomic E-state index is 13.1. The molecule has 1 heterocycles. The first-order valence-electron chi connectivity index (χ1n) is 7.67. The van der Waals surface area contributed by atoms with Crippen molar-refractivity contribution in [1.29, 1.82) is 0 Å². The first kappa shape index (κ1) is 20.9. The van der Waals surface area contributed by atoms with Gasteiger partial charge in [0.1, 0.15) is 12.4 Å². The lowest BCUT2D eigenvalue weighted by atomic mass is 10.1. The number of aliphatic imine (C=N–C) groups is 1. The molecule has 1 fully saturated rings. The summed E-state index contributed by atoms with van der Waals surface area (Å²) in [7, 11) is 3.70. The first-order valence-corrected chi connectivity index (χ1v) is 7.67. The van der Waals surface area contributed by atoms with Crippen LogP contribution in [0.25, 0.3) is 0 Å². The second-order valence-electron chi connectivity index (χ2n) is 5.51. The third-order valence-corrected chi connectivity index (χ3v) is 3.67. The van der Waals surface area contributed by atoms with Crippen molar-refractivity contribution in [2.75, 3.05) is 47.0 Å². The lowest BCUT2D eigenvalue weighted by Gasteiger charge is -2.24. The van der Waals surface area contributed by atoms with E-state index in [2.05, 4.69) is 15.2 Å². The number of ether oxygens (including phenoxy) is 2. The quantitative estimate of drug-likeness (QED) is 0.310. The maximum absolute atomic E-state index is 13.1. The molecule has 1 aromatic rings. The van der Waals surface area contributed by atoms with E-state index in [4.69, 9.17) is 9.47 Å². The van der Waals surface area contributed by atoms with Crippen molar-refractivity contribution in [2.24, 2.45) is 10.9 Å². The number of guanidine groups is 1. The van der Waals surface area contributed by atoms with E-state index in [9.17, 15) is 8.78 Å². The number of hydrogen-bond donors (Lipinski definition) is 1. The Morgan fingerprint density at radius 1 is 1.42 bits per heavy atom. The summed E-state index contributed by atoms with van der Waals surface area (Å²) < 4.78 is 36.6. The molecule has 0 amide bonds. The van der Waals surface area contributed by atoms with Crippen LogP contribution in [-0.4, -0.2) is 57.9 Å². The molecule has 2 rings (SSSR count). The van der Waals surface area contributed by atoms with Gasteiger partial charge in [-0.15, -0.1) is 24.0 Å². The van der Waals surface area contributed by atoms with Crippen LogP contribution in [0.1, 0.15) is 6.42 Å². The zero-order valence-electron chi connectivity index (χ0n) is 13.9. The Balaban J connectivity index is 0.00000288. The third-order valence-electron chi connectivity index (χ3n) is 3.67. The Morgan fingerprint density at radius 2 is 2.21 bits per heavy atom. The minimum Gasteiger partial charge on any atom is -0.492 e. The topological polar surface area (TPSA) is 46.1 Å². The molecule has 5 nitrogen and oxygen atoms in total. The molecule has 1 N–H and O–H groups in total. The second-order valence-corrected chi connectivity index (χ2v) is 5.51. The SMILES string of the molecule is CN=C(NCCOc1ccc(F)c(F)c1)N(C)CC1CCOC1.I. The molecule has 0 aromatic heterocycles. The van der Waals surface area contributed by atoms with Crippen LogP contribution >= 0.6 is 24.0 Å². The van der Waals surface area contributed by atoms with Crippen molar-refractivity contribution in [1.82, 2.24) is 10.2 Å². The zero-order chi connectivity index (χ0) is 16.7. The molecule has 1 unspecified atom stereocenters. The fraction of sp³-hybridized carbons (Fsp3) is 0.562. The maximum Gasteiger partial charge on any atom is 0.193 e. The van der Waals surface area contributed by atoms with Gasteiger partial charge in [-0.05, 0) is 18.6 Å². The van der Waals surface area contributed by atoms with Gasteiger partial charge >= 0.3 is 0 Å². The fourth-order valence-corrected chi connectivity index (χ4v) is 2.48. The van der Waals surface area contributed by atoms with Gasteiger partial charge in [-0.1, -0.05) is 0 Å². The summed E-state index contributed by atoms with van der Waals surface area (Å²) in [5.41, 5.74) is 0. The highest BCUT2D eigenvalue weighted by molar-refractivity contribution is 14.0. The molecule has 0 aliphatic carbocycles. The van der Waals surface area contributed by atoms with E-state index in [1.807, 2.05) is 7.05 Å². The van der Waals surface area contributed by atoms with Crippen LogP contribution in [0.3, 0.4) is 0 Å². The monoisotopic (exact) mass is 455 g/mol. The smallest absolute Gasteiger partial charge is 0.193 e. The van der Waals surface area contributed by atoms with Crippen LogP contribution in [0.15, 0.2) is 23.2 Å². The van der Waals surface area contributed by atoms with Crippen LogP contribution in [0.5, 0.6) is 5.75 Å². The van der Waals surface area contributed by atoms with E-state index in [1.54, 1.807) is 7.05 Å². The fourth-order valence-electron chi connectivity index (χ4n) is 2.48. The summed E-state index contributed by atoms with van der Waals surface area (Å²) >= 11 is 0. The van der Waals surface area contributed by atoms with Crippen molar-refractivity contribution < 1.29 is 18.3 Å². The molecule has 1 aliphatic rings. The largest absolute Gasteiger partial charge is 0.492 e. The highest BCUT2D eigenvalue weighted by atomic mass is 127. The molecule has 1 aliphatic heterocycles. The van der Waals surface area contributed by atoms with Gasteiger partial charge < -0.3 is 19.7 Å². The predicted octanol–water partition coefficient (Wildman–Crippen LogP) is 2.51. The molecule has 0 radical (unpaired) electrons. The minimum absolute atomic E-state index is 0. The van der Waals surface area contributed by atoms with Gasteiger partial charge in [-0.2, -0.15) is 0 Å². The molecule has 24 heavy (non-hydrogen) atoms. The van der Waals surface area contributed by atoms with Crippen molar-refractivity contribution in [3.8, 4) is 5.75 Å². The Morgan fingerprint density at radius 3 is 2.83 bits per heavy atom. The van der Waals surface area contributed by atoms with E-state index in [0.29, 0.717) is 24.8 Å². The number of hydrogen-bond acceptors (Lipinski definition) is 3. The van der Waals surface area contributed by atoms with Gasteiger partial charge in [-0.3, -0.25) is 4.99 Å². The van der Waals surface area contributed by atoms with E-state index in [0.717, 1.165) is 44.3 Å². The highest BCUT2D eigenvalue weighted by Gasteiger charge is 2.18. The Kier molecular flexibility index (Phi) is 9.27. The molecule has 1 atom stereocenters. The summed E-state index contributed by atoms with van der Waals surface area (Å²) in [4.78, 5) is 6.28. The molecule has 0 bridgehead atoms. The van der Waals surface area contributed by atoms with Gasteiger partial charge in [0.05, 0.1) is 13.2 Å². The highest BCUT2D eigenvalue weighted by Crippen LogP contribution is 2.15. The summed E-state index contributed by atoms with van der Waals surface area (Å²) in [6, 6.07) is 3.49. The van der Waals surface area contributed by atoms with Crippen molar-refractivity contribution in [2.45, 2.75) is 6.42 Å².